The lowest BCUT2D eigenvalue weighted by molar-refractivity contribution is -0.122. The lowest BCUT2D eigenvalue weighted by atomic mass is 10.2. The van der Waals surface area contributed by atoms with Gasteiger partial charge in [-0.2, -0.15) is 4.31 Å². The number of ether oxygens (including phenoxy) is 1. The molecule has 1 aliphatic rings. The quantitative estimate of drug-likeness (QED) is 0.479. The number of carbonyl (C=O) groups is 2. The highest BCUT2D eigenvalue weighted by Crippen LogP contribution is 2.32. The van der Waals surface area contributed by atoms with Gasteiger partial charge in [0.2, 0.25) is 5.91 Å². The van der Waals surface area contributed by atoms with Crippen LogP contribution in [0, 0.1) is 0 Å². The molecule has 1 fully saturated rings. The van der Waals surface area contributed by atoms with Crippen LogP contribution in [0.5, 0.6) is 5.75 Å². The zero-order chi connectivity index (χ0) is 22.0. The molecule has 1 saturated heterocycles. The molecule has 2 aromatic heterocycles. The van der Waals surface area contributed by atoms with Gasteiger partial charge >= 0.3 is 0 Å². The Bertz CT molecular complexity index is 1160. The molecule has 162 valence electrons. The van der Waals surface area contributed by atoms with Crippen LogP contribution in [0.2, 0.25) is 0 Å². The summed E-state index contributed by atoms with van der Waals surface area (Å²) < 4.78 is 38.5. The largest absolute Gasteiger partial charge is 0.494 e. The van der Waals surface area contributed by atoms with Crippen LogP contribution >= 0.6 is 11.3 Å². The Morgan fingerprint density at radius 1 is 1.16 bits per heavy atom. The smallest absolute Gasteiger partial charge is 0.253 e. The maximum absolute atomic E-state index is 13.3. The lowest BCUT2D eigenvalue weighted by Gasteiger charge is -2.25. The summed E-state index contributed by atoms with van der Waals surface area (Å²) in [5, 5.41) is 1.64. The third-order valence-electron chi connectivity index (χ3n) is 4.83. The Hall–Kier alpha value is -2.95. The average molecular weight is 461 g/mol. The van der Waals surface area contributed by atoms with E-state index in [0.717, 1.165) is 20.5 Å². The summed E-state index contributed by atoms with van der Waals surface area (Å²) in [5.74, 6) is -0.0765. The molecule has 0 saturated carbocycles. The summed E-state index contributed by atoms with van der Waals surface area (Å²) in [5.41, 5.74) is 0.368. The third kappa shape index (κ3) is 4.14. The van der Waals surface area contributed by atoms with Gasteiger partial charge in [0.25, 0.3) is 15.9 Å². The summed E-state index contributed by atoms with van der Waals surface area (Å²) in [6, 6.07) is 11.7. The van der Waals surface area contributed by atoms with E-state index in [4.69, 9.17) is 9.15 Å². The van der Waals surface area contributed by atoms with Crippen molar-refractivity contribution in [2.45, 2.75) is 30.1 Å². The molecule has 1 unspecified atom stereocenters. The first-order valence-corrected chi connectivity index (χ1v) is 11.9. The molecule has 0 spiro atoms. The van der Waals surface area contributed by atoms with Gasteiger partial charge in [-0.1, -0.05) is 6.07 Å². The fourth-order valence-corrected chi connectivity index (χ4v) is 6.08. The molecule has 8 nitrogen and oxygen atoms in total. The van der Waals surface area contributed by atoms with Gasteiger partial charge in [-0.15, -0.1) is 11.3 Å². The van der Waals surface area contributed by atoms with E-state index in [0.29, 0.717) is 23.8 Å². The molecule has 1 aliphatic heterocycles. The van der Waals surface area contributed by atoms with Gasteiger partial charge in [-0.25, -0.2) is 13.3 Å². The number of furan rings is 1. The molecule has 3 heterocycles. The second-order valence-corrected chi connectivity index (χ2v) is 9.84. The zero-order valence-corrected chi connectivity index (χ0v) is 18.3. The van der Waals surface area contributed by atoms with Crippen molar-refractivity contribution < 1.29 is 27.2 Å². The van der Waals surface area contributed by atoms with Crippen LogP contribution in [-0.2, 0) is 26.2 Å². The Labute approximate surface area is 183 Å². The van der Waals surface area contributed by atoms with Crippen molar-refractivity contribution in [1.82, 2.24) is 4.31 Å². The molecule has 1 aromatic carbocycles. The van der Waals surface area contributed by atoms with Crippen LogP contribution in [0.1, 0.15) is 19.1 Å². The number of hydrogen-bond donors (Lipinski definition) is 0. The number of sulfonamides is 1. The Morgan fingerprint density at radius 2 is 1.94 bits per heavy atom. The number of thiophene rings is 1. The first-order valence-electron chi connectivity index (χ1n) is 9.59. The van der Waals surface area contributed by atoms with Crippen molar-refractivity contribution in [2.24, 2.45) is 0 Å². The van der Waals surface area contributed by atoms with E-state index in [1.807, 2.05) is 6.92 Å². The number of benzene rings is 1. The lowest BCUT2D eigenvalue weighted by Crippen LogP contribution is -2.44. The fraction of sp³-hybridized carbons (Fsp3) is 0.238. The van der Waals surface area contributed by atoms with Crippen LogP contribution in [0.3, 0.4) is 0 Å². The maximum Gasteiger partial charge on any atom is 0.253 e. The predicted molar refractivity (Wildman–Crippen MR) is 114 cm³/mol. The minimum Gasteiger partial charge on any atom is -0.494 e. The molecule has 4 rings (SSSR count). The fourth-order valence-electron chi connectivity index (χ4n) is 3.41. The van der Waals surface area contributed by atoms with Gasteiger partial charge in [0.1, 0.15) is 21.8 Å². The van der Waals surface area contributed by atoms with Gasteiger partial charge in [0.05, 0.1) is 31.5 Å². The number of hydrogen-bond acceptors (Lipinski definition) is 7. The molecule has 0 radical (unpaired) electrons. The highest BCUT2D eigenvalue weighted by atomic mass is 32.2. The number of imide groups is 1. The van der Waals surface area contributed by atoms with E-state index in [1.165, 1.54) is 12.3 Å². The molecule has 31 heavy (non-hydrogen) atoms. The highest BCUT2D eigenvalue weighted by molar-refractivity contribution is 7.91. The number of amides is 2. The van der Waals surface area contributed by atoms with Crippen LogP contribution in [0.15, 0.2) is 68.8 Å². The van der Waals surface area contributed by atoms with Crippen LogP contribution in [0.25, 0.3) is 0 Å². The number of rotatable bonds is 8. The summed E-state index contributed by atoms with van der Waals surface area (Å²) in [4.78, 5) is 27.0. The second kappa shape index (κ2) is 8.66. The molecule has 10 heteroatoms. The Morgan fingerprint density at radius 3 is 2.55 bits per heavy atom. The maximum atomic E-state index is 13.3. The van der Waals surface area contributed by atoms with E-state index < -0.39 is 27.9 Å². The molecule has 3 aromatic rings. The van der Waals surface area contributed by atoms with Crippen LogP contribution in [-0.4, -0.2) is 37.2 Å². The molecule has 2 amide bonds. The zero-order valence-electron chi connectivity index (χ0n) is 16.6. The second-order valence-electron chi connectivity index (χ2n) is 6.78. The Kier molecular flexibility index (Phi) is 5.94. The first-order chi connectivity index (χ1) is 14.9. The third-order valence-corrected chi connectivity index (χ3v) is 8.05. The van der Waals surface area contributed by atoms with Crippen molar-refractivity contribution in [2.75, 3.05) is 11.5 Å². The van der Waals surface area contributed by atoms with Crippen molar-refractivity contribution in [3.05, 3.63) is 65.9 Å². The van der Waals surface area contributed by atoms with E-state index in [-0.39, 0.29) is 17.2 Å². The van der Waals surface area contributed by atoms with Gasteiger partial charge < -0.3 is 9.15 Å². The number of carbonyl (C=O) groups excluding carboxylic acids is 2. The van der Waals surface area contributed by atoms with E-state index >= 15 is 0 Å². The molecule has 0 bridgehead atoms. The number of nitrogens with zero attached hydrogens (tertiary/aromatic N) is 2. The van der Waals surface area contributed by atoms with E-state index in [9.17, 15) is 18.0 Å². The normalized spacial score (nSPS) is 17.0. The topological polar surface area (TPSA) is 97.1 Å². The predicted octanol–water partition coefficient (Wildman–Crippen LogP) is 3.26. The van der Waals surface area contributed by atoms with Gasteiger partial charge in [0, 0.05) is 0 Å². The minimum atomic E-state index is -4.02. The van der Waals surface area contributed by atoms with Crippen molar-refractivity contribution in [3.63, 3.8) is 0 Å². The SMILES string of the molecule is CCOc1ccc(N2C(=O)CC(N(Cc3ccco3)S(=O)(=O)c3cccs3)C2=O)cc1. The van der Waals surface area contributed by atoms with Gasteiger partial charge in [-0.05, 0) is 54.8 Å². The molecule has 0 aliphatic carbocycles. The standard InChI is InChI=1S/C21H20N2O6S2/c1-2-28-16-9-7-15(8-10-16)23-19(24)13-18(21(23)25)22(14-17-5-3-11-29-17)31(26,27)20-6-4-12-30-20/h3-12,18H,2,13-14H2,1H3. The van der Waals surface area contributed by atoms with Crippen molar-refractivity contribution in [3.8, 4) is 5.75 Å². The average Bonchev–Trinajstić information content (AvgIpc) is 3.50. The van der Waals surface area contributed by atoms with Gasteiger partial charge in [-0.3, -0.25) is 9.59 Å². The van der Waals surface area contributed by atoms with Crippen molar-refractivity contribution in [1.29, 1.82) is 0 Å². The first kappa shape index (κ1) is 21.3. The molecule has 0 N–H and O–H groups in total. The highest BCUT2D eigenvalue weighted by Gasteiger charge is 2.47. The van der Waals surface area contributed by atoms with Gasteiger partial charge in [0.15, 0.2) is 0 Å². The summed E-state index contributed by atoms with van der Waals surface area (Å²) in [7, 11) is -4.02. The minimum absolute atomic E-state index is 0.0961. The van der Waals surface area contributed by atoms with Crippen LogP contribution < -0.4 is 9.64 Å². The number of anilines is 1. The summed E-state index contributed by atoms with van der Waals surface area (Å²) in [6.07, 6.45) is 1.18. The monoisotopic (exact) mass is 460 g/mol. The summed E-state index contributed by atoms with van der Waals surface area (Å²) in [6.45, 7) is 2.19. The van der Waals surface area contributed by atoms with Crippen molar-refractivity contribution >= 4 is 38.9 Å². The van der Waals surface area contributed by atoms with Crippen LogP contribution in [0.4, 0.5) is 5.69 Å². The summed E-state index contributed by atoms with van der Waals surface area (Å²) >= 11 is 1.05. The van der Waals surface area contributed by atoms with E-state index in [2.05, 4.69) is 0 Å². The molecular formula is C21H20N2O6S2. The molecule has 1 atom stereocenters. The van der Waals surface area contributed by atoms with E-state index in [1.54, 1.807) is 47.8 Å². The Balaban J connectivity index is 1.67. The molecular weight excluding hydrogens is 440 g/mol.